The number of alkyl halides is 5. The van der Waals surface area contributed by atoms with Gasteiger partial charge < -0.3 is 10.1 Å². The van der Waals surface area contributed by atoms with Crippen LogP contribution in [0.2, 0.25) is 0 Å². The first kappa shape index (κ1) is 19.5. The molecule has 1 N–H and O–H groups in total. The van der Waals surface area contributed by atoms with E-state index in [-0.39, 0.29) is 17.0 Å². The average Bonchev–Trinajstić information content (AvgIpc) is 2.98. The van der Waals surface area contributed by atoms with E-state index in [1.807, 2.05) is 0 Å². The summed E-state index contributed by atoms with van der Waals surface area (Å²) in [6.07, 6.45) is -4.75. The Bertz CT molecular complexity index is 1050. The maximum absolute atomic E-state index is 13.2. The number of aryl methyl sites for hydroxylation is 1. The predicted molar refractivity (Wildman–Crippen MR) is 83.7 cm³/mol. The van der Waals surface area contributed by atoms with Gasteiger partial charge in [-0.1, -0.05) is 0 Å². The molecular weight excluding hydrogens is 394 g/mol. The molecule has 28 heavy (non-hydrogen) atoms. The third-order valence-corrected chi connectivity index (χ3v) is 3.49. The third kappa shape index (κ3) is 4.00. The van der Waals surface area contributed by atoms with E-state index in [9.17, 15) is 31.1 Å². The average molecular weight is 404 g/mol. The fraction of sp³-hybridized carbons (Fsp3) is 0.188. The van der Waals surface area contributed by atoms with Gasteiger partial charge in [0.2, 0.25) is 0 Å². The fourth-order valence-corrected chi connectivity index (χ4v) is 2.39. The molecule has 148 valence electrons. The molecule has 0 radical (unpaired) electrons. The van der Waals surface area contributed by atoms with Crippen LogP contribution in [0.15, 0.2) is 30.3 Å². The number of carbonyl (C=O) groups excluding carboxylic acids is 1. The Morgan fingerprint density at radius 1 is 1.21 bits per heavy atom. The monoisotopic (exact) mass is 404 g/mol. The number of carbonyl (C=O) groups is 1. The maximum Gasteiger partial charge on any atom is 0.433 e. The molecule has 0 saturated heterocycles. The van der Waals surface area contributed by atoms with Crippen LogP contribution >= 0.6 is 0 Å². The van der Waals surface area contributed by atoms with E-state index in [1.54, 1.807) is 0 Å². The minimum atomic E-state index is -4.75. The summed E-state index contributed by atoms with van der Waals surface area (Å²) in [6.45, 7) is -1.94. The molecule has 0 unspecified atom stereocenters. The number of nitrogens with zero attached hydrogens (tertiary/aromatic N) is 3. The highest BCUT2D eigenvalue weighted by Crippen LogP contribution is 2.30. The smallest absolute Gasteiger partial charge is 0.432 e. The number of benzene rings is 1. The zero-order valence-corrected chi connectivity index (χ0v) is 13.9. The highest BCUT2D eigenvalue weighted by atomic mass is 19.4. The van der Waals surface area contributed by atoms with Gasteiger partial charge >= 0.3 is 12.8 Å². The lowest BCUT2D eigenvalue weighted by Gasteiger charge is -2.11. The number of anilines is 1. The van der Waals surface area contributed by atoms with Crippen LogP contribution in [0.25, 0.3) is 5.65 Å². The number of aromatic nitrogens is 3. The Kier molecular flexibility index (Phi) is 4.87. The molecule has 0 aliphatic heterocycles. The summed E-state index contributed by atoms with van der Waals surface area (Å²) in [4.78, 5) is 16.2. The van der Waals surface area contributed by atoms with Gasteiger partial charge in [0, 0.05) is 17.8 Å². The van der Waals surface area contributed by atoms with Gasteiger partial charge in [0.1, 0.15) is 11.5 Å². The highest BCUT2D eigenvalue weighted by molar-refractivity contribution is 6.04. The molecule has 1 amide bonds. The lowest BCUT2D eigenvalue weighted by Crippen LogP contribution is -2.16. The fourth-order valence-electron chi connectivity index (χ4n) is 2.39. The second-order valence-corrected chi connectivity index (χ2v) is 5.55. The number of amides is 1. The summed E-state index contributed by atoms with van der Waals surface area (Å²) in [5.74, 6) is -2.57. The summed E-state index contributed by atoms with van der Waals surface area (Å²) in [7, 11) is 0. The van der Waals surface area contributed by atoms with Gasteiger partial charge in [-0.25, -0.2) is 13.9 Å². The van der Waals surface area contributed by atoms with Gasteiger partial charge in [-0.15, -0.1) is 0 Å². The maximum atomic E-state index is 13.2. The first-order valence-electron chi connectivity index (χ1n) is 7.55. The van der Waals surface area contributed by atoms with E-state index in [0.29, 0.717) is 10.6 Å². The Hall–Kier alpha value is -3.31. The van der Waals surface area contributed by atoms with E-state index >= 15 is 0 Å². The summed E-state index contributed by atoms with van der Waals surface area (Å²) in [5.41, 5.74) is -2.10. The zero-order valence-electron chi connectivity index (χ0n) is 13.9. The molecule has 0 bridgehead atoms. The van der Waals surface area contributed by atoms with Crippen molar-refractivity contribution >= 4 is 17.2 Å². The molecule has 0 saturated carbocycles. The molecule has 2 aromatic heterocycles. The molecule has 0 aliphatic rings. The first-order valence-corrected chi connectivity index (χ1v) is 7.55. The first-order chi connectivity index (χ1) is 13.0. The van der Waals surface area contributed by atoms with Crippen molar-refractivity contribution in [3.05, 3.63) is 53.2 Å². The quantitative estimate of drug-likeness (QED) is 0.667. The highest BCUT2D eigenvalue weighted by Gasteiger charge is 2.35. The van der Waals surface area contributed by atoms with Crippen LogP contribution in [-0.4, -0.2) is 27.1 Å². The molecule has 2 heterocycles. The van der Waals surface area contributed by atoms with Crippen LogP contribution < -0.4 is 10.1 Å². The number of halogens is 6. The normalized spacial score (nSPS) is 11.9. The molecule has 0 aliphatic carbocycles. The van der Waals surface area contributed by atoms with Gasteiger partial charge in [-0.3, -0.25) is 4.79 Å². The number of hydrogen-bond acceptors (Lipinski definition) is 4. The Labute approximate surface area is 152 Å². The van der Waals surface area contributed by atoms with Gasteiger partial charge in [0.15, 0.2) is 17.1 Å². The van der Waals surface area contributed by atoms with E-state index in [4.69, 9.17) is 0 Å². The van der Waals surface area contributed by atoms with Crippen molar-refractivity contribution < 1.29 is 35.9 Å². The van der Waals surface area contributed by atoms with Gasteiger partial charge in [0.05, 0.1) is 5.69 Å². The SMILES string of the molecule is Cc1cc(C(F)(F)F)n2nc(C(=O)Nc3ccc(F)cc3OC(F)F)cc2n1. The predicted octanol–water partition coefficient (Wildman–Crippen LogP) is 4.05. The molecular formula is C16H10F6N4O2. The van der Waals surface area contributed by atoms with E-state index in [2.05, 4.69) is 20.1 Å². The van der Waals surface area contributed by atoms with Crippen molar-refractivity contribution in [3.63, 3.8) is 0 Å². The number of ether oxygens (including phenoxy) is 1. The third-order valence-electron chi connectivity index (χ3n) is 3.49. The van der Waals surface area contributed by atoms with Crippen LogP contribution in [0.3, 0.4) is 0 Å². The minimum Gasteiger partial charge on any atom is -0.432 e. The molecule has 3 aromatic rings. The topological polar surface area (TPSA) is 68.5 Å². The van der Waals surface area contributed by atoms with Crippen LogP contribution in [0.1, 0.15) is 21.9 Å². The van der Waals surface area contributed by atoms with Gasteiger partial charge in [0.25, 0.3) is 5.91 Å². The second kappa shape index (κ2) is 7.02. The molecule has 0 spiro atoms. The lowest BCUT2D eigenvalue weighted by atomic mass is 10.2. The van der Waals surface area contributed by atoms with E-state index in [1.165, 1.54) is 6.92 Å². The minimum absolute atomic E-state index is 0.0536. The van der Waals surface area contributed by atoms with Crippen molar-refractivity contribution in [1.82, 2.24) is 14.6 Å². The van der Waals surface area contributed by atoms with Crippen molar-refractivity contribution in [2.45, 2.75) is 19.7 Å². The summed E-state index contributed by atoms with van der Waals surface area (Å²) >= 11 is 0. The molecule has 6 nitrogen and oxygen atoms in total. The number of fused-ring (bicyclic) bond motifs is 1. The Morgan fingerprint density at radius 2 is 1.93 bits per heavy atom. The molecule has 1 aromatic carbocycles. The number of nitrogens with one attached hydrogen (secondary N) is 1. The molecule has 3 rings (SSSR count). The molecule has 0 atom stereocenters. The van der Waals surface area contributed by atoms with Crippen molar-refractivity contribution in [2.24, 2.45) is 0 Å². The van der Waals surface area contributed by atoms with Gasteiger partial charge in [-0.2, -0.15) is 27.1 Å². The number of rotatable bonds is 4. The van der Waals surface area contributed by atoms with Crippen molar-refractivity contribution in [2.75, 3.05) is 5.32 Å². The van der Waals surface area contributed by atoms with Crippen molar-refractivity contribution in [3.8, 4) is 5.75 Å². The number of hydrogen-bond donors (Lipinski definition) is 1. The van der Waals surface area contributed by atoms with Crippen molar-refractivity contribution in [1.29, 1.82) is 0 Å². The van der Waals surface area contributed by atoms with Gasteiger partial charge in [-0.05, 0) is 25.1 Å². The Morgan fingerprint density at radius 3 is 2.57 bits per heavy atom. The summed E-state index contributed by atoms with van der Waals surface area (Å²) in [6, 6.07) is 4.22. The lowest BCUT2D eigenvalue weighted by molar-refractivity contribution is -0.142. The molecule has 0 fully saturated rings. The summed E-state index contributed by atoms with van der Waals surface area (Å²) < 4.78 is 82.1. The van der Waals surface area contributed by atoms with E-state index in [0.717, 1.165) is 24.3 Å². The second-order valence-electron chi connectivity index (χ2n) is 5.55. The standard InChI is InChI=1S/C16H10F6N4O2/c1-7-4-12(16(20,21)22)26-13(23-7)6-10(25-26)14(27)24-9-3-2-8(17)5-11(9)28-15(18)19/h2-6,15H,1H3,(H,24,27). The van der Waals surface area contributed by atoms with Crippen LogP contribution in [0.4, 0.5) is 32.0 Å². The van der Waals surface area contributed by atoms with E-state index < -0.39 is 41.6 Å². The van der Waals surface area contributed by atoms with Crippen LogP contribution in [0.5, 0.6) is 5.75 Å². The Balaban J connectivity index is 1.97. The largest absolute Gasteiger partial charge is 0.433 e. The molecule has 12 heteroatoms. The zero-order chi connectivity index (χ0) is 20.6. The summed E-state index contributed by atoms with van der Waals surface area (Å²) in [5, 5.41) is 5.73. The van der Waals surface area contributed by atoms with Crippen LogP contribution in [-0.2, 0) is 6.18 Å². The van der Waals surface area contributed by atoms with Crippen LogP contribution in [0, 0.1) is 12.7 Å².